The van der Waals surface area contributed by atoms with Crippen molar-refractivity contribution < 1.29 is 4.79 Å². The topological polar surface area (TPSA) is 77.2 Å². The van der Waals surface area contributed by atoms with Gasteiger partial charge in [0.25, 0.3) is 0 Å². The van der Waals surface area contributed by atoms with E-state index in [1.165, 1.54) is 0 Å². The molecule has 1 aromatic carbocycles. The molecule has 32 heavy (non-hydrogen) atoms. The molecule has 3 aromatic rings. The van der Waals surface area contributed by atoms with Crippen LogP contribution in [0.5, 0.6) is 0 Å². The number of carbonyl (C=O) groups excluding carboxylic acids is 1. The van der Waals surface area contributed by atoms with Crippen LogP contribution in [0.2, 0.25) is 10.0 Å². The smallest absolute Gasteiger partial charge is 0.233 e. The monoisotopic (exact) mass is 494 g/mol. The molecule has 7 nitrogen and oxygen atoms in total. The molecule has 2 aromatic heterocycles. The summed E-state index contributed by atoms with van der Waals surface area (Å²) in [5.41, 5.74) is 1.22. The van der Waals surface area contributed by atoms with Gasteiger partial charge < -0.3 is 20.1 Å². The summed E-state index contributed by atoms with van der Waals surface area (Å²) in [5, 5.41) is 5.39. The Bertz CT molecular complexity index is 1110. The third kappa shape index (κ3) is 4.03. The van der Waals surface area contributed by atoms with E-state index in [1.807, 2.05) is 29.3 Å². The van der Waals surface area contributed by atoms with Crippen LogP contribution in [0.4, 0.5) is 5.82 Å². The molecule has 2 N–H and O–H groups in total. The van der Waals surface area contributed by atoms with Gasteiger partial charge in [-0.1, -0.05) is 29.3 Å². The maximum absolute atomic E-state index is 13.9. The highest BCUT2D eigenvalue weighted by Gasteiger charge is 2.44. The van der Waals surface area contributed by atoms with Gasteiger partial charge in [0.15, 0.2) is 0 Å². The average molecular weight is 496 g/mol. The fraction of sp³-hybridized carbons (Fsp3) is 0.409. The second-order valence-corrected chi connectivity index (χ2v) is 8.99. The van der Waals surface area contributed by atoms with E-state index in [4.69, 9.17) is 23.2 Å². The van der Waals surface area contributed by atoms with E-state index in [2.05, 4.69) is 25.2 Å². The molecule has 5 rings (SSSR count). The summed E-state index contributed by atoms with van der Waals surface area (Å²) in [6.07, 6.45) is 4.96. The molecule has 0 saturated carbocycles. The van der Waals surface area contributed by atoms with Gasteiger partial charge in [0.2, 0.25) is 5.91 Å². The van der Waals surface area contributed by atoms with E-state index >= 15 is 0 Å². The van der Waals surface area contributed by atoms with Gasteiger partial charge >= 0.3 is 0 Å². The Balaban J connectivity index is 0.00000245. The number of halogens is 3. The normalized spacial score (nSPS) is 18.4. The van der Waals surface area contributed by atoms with E-state index in [9.17, 15) is 4.79 Å². The predicted molar refractivity (Wildman–Crippen MR) is 130 cm³/mol. The number of hydrogen-bond acceptors (Lipinski definition) is 5. The Morgan fingerprint density at radius 3 is 2.47 bits per heavy atom. The summed E-state index contributed by atoms with van der Waals surface area (Å²) in [5.74, 6) is 1.10. The Hall–Kier alpha value is -2.06. The van der Waals surface area contributed by atoms with Crippen LogP contribution in [0.15, 0.2) is 36.8 Å². The van der Waals surface area contributed by atoms with Crippen LogP contribution in [-0.4, -0.2) is 65.0 Å². The van der Waals surface area contributed by atoms with Gasteiger partial charge in [0.1, 0.15) is 17.8 Å². The third-order valence-corrected chi connectivity index (χ3v) is 7.28. The predicted octanol–water partition coefficient (Wildman–Crippen LogP) is 3.66. The molecule has 0 bridgehead atoms. The van der Waals surface area contributed by atoms with Crippen LogP contribution in [0.1, 0.15) is 18.4 Å². The van der Waals surface area contributed by atoms with Gasteiger partial charge in [0.05, 0.1) is 20.8 Å². The maximum Gasteiger partial charge on any atom is 0.233 e. The molecule has 0 unspecified atom stereocenters. The lowest BCUT2D eigenvalue weighted by atomic mass is 9.72. The molecule has 1 amide bonds. The number of carbonyl (C=O) groups is 1. The number of fused-ring (bicyclic) bond motifs is 1. The number of rotatable bonds is 3. The van der Waals surface area contributed by atoms with Crippen molar-refractivity contribution in [2.75, 3.05) is 44.2 Å². The number of piperidine rings is 1. The summed E-state index contributed by atoms with van der Waals surface area (Å²) in [7, 11) is 0. The van der Waals surface area contributed by atoms with Crippen LogP contribution in [-0.2, 0) is 10.2 Å². The average Bonchev–Trinajstić information content (AvgIpc) is 3.30. The number of hydrogen-bond donors (Lipinski definition) is 2. The summed E-state index contributed by atoms with van der Waals surface area (Å²) < 4.78 is 0. The maximum atomic E-state index is 13.9. The summed E-state index contributed by atoms with van der Waals surface area (Å²) >= 11 is 12.5. The van der Waals surface area contributed by atoms with E-state index < -0.39 is 5.41 Å². The van der Waals surface area contributed by atoms with Crippen molar-refractivity contribution >= 4 is 58.4 Å². The molecule has 170 valence electrons. The number of benzene rings is 1. The third-order valence-electron chi connectivity index (χ3n) is 6.54. The molecule has 0 aliphatic carbocycles. The standard InChI is InChI=1S/C22H24Cl2N6O.ClH/c23-17-2-1-15(13-18(17)24)22(4-7-25-8-5-22)21(31)30-11-9-29(10-12-30)20-16-3-6-26-19(16)27-14-28-20;/h1-3,6,13-14,25H,4-5,7-12H2,(H,26,27,28);1H. The fourth-order valence-electron chi connectivity index (χ4n) is 4.81. The first-order valence-corrected chi connectivity index (χ1v) is 11.3. The number of aromatic amines is 1. The van der Waals surface area contributed by atoms with Gasteiger partial charge in [-0.3, -0.25) is 4.79 Å². The largest absolute Gasteiger partial charge is 0.352 e. The van der Waals surface area contributed by atoms with Crippen molar-refractivity contribution in [2.45, 2.75) is 18.3 Å². The van der Waals surface area contributed by atoms with Crippen LogP contribution >= 0.6 is 35.6 Å². The van der Waals surface area contributed by atoms with Crippen LogP contribution in [0.25, 0.3) is 11.0 Å². The Kier molecular flexibility index (Phi) is 6.81. The van der Waals surface area contributed by atoms with E-state index in [-0.39, 0.29) is 18.3 Å². The summed E-state index contributed by atoms with van der Waals surface area (Å²) in [6, 6.07) is 7.62. The zero-order chi connectivity index (χ0) is 21.4. The summed E-state index contributed by atoms with van der Waals surface area (Å²) in [6.45, 7) is 4.39. The molecule has 0 spiro atoms. The number of anilines is 1. The quantitative estimate of drug-likeness (QED) is 0.580. The minimum atomic E-state index is -0.565. The van der Waals surface area contributed by atoms with E-state index in [0.717, 1.165) is 61.4 Å². The fourth-order valence-corrected chi connectivity index (χ4v) is 5.11. The number of nitrogens with zero attached hydrogens (tertiary/aromatic N) is 4. The van der Waals surface area contributed by atoms with Crippen LogP contribution in [0.3, 0.4) is 0 Å². The van der Waals surface area contributed by atoms with E-state index in [1.54, 1.807) is 12.4 Å². The molecular formula is C22H25Cl3N6O. The number of H-pyrrole nitrogens is 1. The van der Waals surface area contributed by atoms with E-state index in [0.29, 0.717) is 23.1 Å². The van der Waals surface area contributed by atoms with Crippen molar-refractivity contribution in [2.24, 2.45) is 0 Å². The van der Waals surface area contributed by atoms with Crippen molar-refractivity contribution in [1.29, 1.82) is 0 Å². The molecule has 0 radical (unpaired) electrons. The lowest BCUT2D eigenvalue weighted by Gasteiger charge is -2.43. The van der Waals surface area contributed by atoms with Gasteiger partial charge in [-0.25, -0.2) is 9.97 Å². The second kappa shape index (κ2) is 9.43. The van der Waals surface area contributed by atoms with Gasteiger partial charge in [-0.2, -0.15) is 0 Å². The minimum Gasteiger partial charge on any atom is -0.352 e. The number of piperazine rings is 1. The zero-order valence-corrected chi connectivity index (χ0v) is 19.8. The first kappa shape index (κ1) is 23.1. The molecule has 2 aliphatic heterocycles. The number of aromatic nitrogens is 3. The van der Waals surface area contributed by atoms with Crippen LogP contribution in [0, 0.1) is 0 Å². The van der Waals surface area contributed by atoms with Crippen molar-refractivity contribution in [3.8, 4) is 0 Å². The first-order chi connectivity index (χ1) is 15.1. The lowest BCUT2D eigenvalue weighted by molar-refractivity contribution is -0.139. The molecule has 0 atom stereocenters. The molecule has 4 heterocycles. The van der Waals surface area contributed by atoms with Gasteiger partial charge in [-0.05, 0) is 49.7 Å². The molecule has 10 heteroatoms. The van der Waals surface area contributed by atoms with Crippen molar-refractivity contribution in [3.63, 3.8) is 0 Å². The molecular weight excluding hydrogens is 471 g/mol. The van der Waals surface area contributed by atoms with Gasteiger partial charge in [0, 0.05) is 32.4 Å². The number of nitrogens with one attached hydrogen (secondary N) is 2. The van der Waals surface area contributed by atoms with Gasteiger partial charge in [-0.15, -0.1) is 12.4 Å². The lowest BCUT2D eigenvalue weighted by Crippen LogP contribution is -2.57. The minimum absolute atomic E-state index is 0. The SMILES string of the molecule is Cl.O=C(N1CCN(c2ncnc3[nH]ccc23)CC1)C1(c2ccc(Cl)c(Cl)c2)CCNCC1. The first-order valence-electron chi connectivity index (χ1n) is 10.6. The highest BCUT2D eigenvalue weighted by atomic mass is 35.5. The van der Waals surface area contributed by atoms with Crippen molar-refractivity contribution in [1.82, 2.24) is 25.2 Å². The zero-order valence-electron chi connectivity index (χ0n) is 17.5. The Morgan fingerprint density at radius 2 is 1.75 bits per heavy atom. The van der Waals surface area contributed by atoms with Crippen LogP contribution < -0.4 is 10.2 Å². The molecule has 2 saturated heterocycles. The highest BCUT2D eigenvalue weighted by molar-refractivity contribution is 6.42. The summed E-state index contributed by atoms with van der Waals surface area (Å²) in [4.78, 5) is 30.0. The molecule has 2 aliphatic rings. The molecule has 2 fully saturated rings. The Labute approximate surface area is 202 Å². The number of amides is 1. The Morgan fingerprint density at radius 1 is 1.00 bits per heavy atom. The second-order valence-electron chi connectivity index (χ2n) is 8.18. The highest BCUT2D eigenvalue weighted by Crippen LogP contribution is 2.38. The van der Waals surface area contributed by atoms with Crippen molar-refractivity contribution in [3.05, 3.63) is 52.4 Å².